The average Bonchev–Trinajstić information content (AvgIpc) is 2.67. The number of hydrogen-bond donors (Lipinski definition) is 0. The normalized spacial score (nSPS) is 12.2. The van der Waals surface area contributed by atoms with Crippen LogP contribution in [0.4, 0.5) is 0 Å². The van der Waals surface area contributed by atoms with Crippen LogP contribution in [0.2, 0.25) is 0 Å². The van der Waals surface area contributed by atoms with Gasteiger partial charge in [0, 0.05) is 27.2 Å². The quantitative estimate of drug-likeness (QED) is 0.155. The first-order valence-electron chi connectivity index (χ1n) is 10.1. The maximum absolute atomic E-state index is 11.8. The molecule has 0 bridgehead atoms. The number of ether oxygens (including phenoxy) is 2. The summed E-state index contributed by atoms with van der Waals surface area (Å²) in [4.78, 5) is 27.5. The summed E-state index contributed by atoms with van der Waals surface area (Å²) in [5.74, 6) is 1.20. The Morgan fingerprint density at radius 1 is 0.903 bits per heavy atom. The summed E-state index contributed by atoms with van der Waals surface area (Å²) in [7, 11) is 3.82. The van der Waals surface area contributed by atoms with E-state index in [-0.39, 0.29) is 23.4 Å². The summed E-state index contributed by atoms with van der Waals surface area (Å²) in [6, 6.07) is 1.84. The van der Waals surface area contributed by atoms with E-state index in [0.717, 1.165) is 19.5 Å². The number of nitrogens with zero attached hydrogens (tertiary/aromatic N) is 3. The molecule has 0 saturated heterocycles. The van der Waals surface area contributed by atoms with Crippen molar-refractivity contribution < 1.29 is 19.1 Å². The molecule has 0 unspecified atom stereocenters. The molecule has 168 valence electrons. The van der Waals surface area contributed by atoms with Gasteiger partial charge < -0.3 is 19.3 Å². The highest BCUT2D eigenvalue weighted by Gasteiger charge is 2.11. The van der Waals surface area contributed by atoms with E-state index in [1.165, 1.54) is 6.08 Å². The third-order valence-electron chi connectivity index (χ3n) is 3.63. The molecular formula is C24H33N3O4. The number of allylic oxidation sites excluding steroid dienone is 4. The van der Waals surface area contributed by atoms with Gasteiger partial charge in [-0.15, -0.1) is 6.42 Å². The van der Waals surface area contributed by atoms with Crippen LogP contribution in [0, 0.1) is 23.7 Å². The van der Waals surface area contributed by atoms with Gasteiger partial charge in [0.1, 0.15) is 17.2 Å². The molecule has 31 heavy (non-hydrogen) atoms. The molecule has 0 aromatic rings. The van der Waals surface area contributed by atoms with E-state index in [1.54, 1.807) is 52.1 Å². The van der Waals surface area contributed by atoms with Crippen LogP contribution < -0.4 is 0 Å². The van der Waals surface area contributed by atoms with Gasteiger partial charge in [-0.3, -0.25) is 0 Å². The SMILES string of the molecule is C#C/C(=C\C=C\N(C)CCCN(C)/C=C/C=C(\C#N)C(=O)OC(C)C)C(=O)OC(C)C. The molecule has 0 aliphatic heterocycles. The minimum Gasteiger partial charge on any atom is -0.459 e. The first kappa shape index (κ1) is 27.5. The van der Waals surface area contributed by atoms with Gasteiger partial charge in [0.05, 0.1) is 12.2 Å². The topological polar surface area (TPSA) is 82.9 Å². The number of hydrogen-bond acceptors (Lipinski definition) is 7. The van der Waals surface area contributed by atoms with Crippen molar-refractivity contribution in [2.24, 2.45) is 0 Å². The van der Waals surface area contributed by atoms with Gasteiger partial charge in [-0.1, -0.05) is 5.92 Å². The molecule has 0 aromatic heterocycles. The fourth-order valence-electron chi connectivity index (χ4n) is 2.17. The summed E-state index contributed by atoms with van der Waals surface area (Å²) in [6.07, 6.45) is 15.7. The predicted molar refractivity (Wildman–Crippen MR) is 121 cm³/mol. The van der Waals surface area contributed by atoms with E-state index in [1.807, 2.05) is 36.2 Å². The highest BCUT2D eigenvalue weighted by atomic mass is 16.5. The highest BCUT2D eigenvalue weighted by molar-refractivity contribution is 5.94. The Morgan fingerprint density at radius 2 is 1.32 bits per heavy atom. The van der Waals surface area contributed by atoms with Crippen molar-refractivity contribution in [2.75, 3.05) is 27.2 Å². The van der Waals surface area contributed by atoms with Gasteiger partial charge in [-0.05, 0) is 70.8 Å². The number of terminal acetylenes is 1. The zero-order chi connectivity index (χ0) is 23.8. The van der Waals surface area contributed by atoms with Crippen LogP contribution in [0.1, 0.15) is 34.1 Å². The Labute approximate surface area is 186 Å². The molecule has 0 saturated carbocycles. The Bertz CT molecular complexity index is 727. The lowest BCUT2D eigenvalue weighted by atomic mass is 10.2. The molecule has 0 fully saturated rings. The largest absolute Gasteiger partial charge is 0.459 e. The van der Waals surface area contributed by atoms with Crippen LogP contribution in [0.25, 0.3) is 0 Å². The molecule has 0 aliphatic rings. The summed E-state index contributed by atoms with van der Waals surface area (Å²) >= 11 is 0. The van der Waals surface area contributed by atoms with E-state index >= 15 is 0 Å². The molecule has 0 aliphatic carbocycles. The second kappa shape index (κ2) is 15.4. The fraction of sp³-hybridized carbons (Fsp3) is 0.458. The highest BCUT2D eigenvalue weighted by Crippen LogP contribution is 2.03. The maximum Gasteiger partial charge on any atom is 0.349 e. The van der Waals surface area contributed by atoms with Crippen LogP contribution >= 0.6 is 0 Å². The van der Waals surface area contributed by atoms with E-state index in [9.17, 15) is 9.59 Å². The molecule has 0 heterocycles. The van der Waals surface area contributed by atoms with Gasteiger partial charge >= 0.3 is 11.9 Å². The first-order chi connectivity index (χ1) is 14.6. The van der Waals surface area contributed by atoms with E-state index in [0.29, 0.717) is 0 Å². The average molecular weight is 428 g/mol. The summed E-state index contributed by atoms with van der Waals surface area (Å²) in [6.45, 7) is 8.54. The summed E-state index contributed by atoms with van der Waals surface area (Å²) < 4.78 is 10.1. The Kier molecular flexibility index (Phi) is 13.7. The van der Waals surface area contributed by atoms with Crippen molar-refractivity contribution in [2.45, 2.75) is 46.3 Å². The van der Waals surface area contributed by atoms with Crippen molar-refractivity contribution in [3.05, 3.63) is 47.9 Å². The third-order valence-corrected chi connectivity index (χ3v) is 3.63. The van der Waals surface area contributed by atoms with E-state index in [2.05, 4.69) is 5.92 Å². The van der Waals surface area contributed by atoms with Crippen LogP contribution in [-0.4, -0.2) is 61.1 Å². The molecule has 0 spiro atoms. The van der Waals surface area contributed by atoms with Gasteiger partial charge in [-0.25, -0.2) is 9.59 Å². The second-order valence-electron chi connectivity index (χ2n) is 7.32. The minimum absolute atomic E-state index is 0.0418. The smallest absolute Gasteiger partial charge is 0.349 e. The molecule has 7 heteroatoms. The Balaban J connectivity index is 4.52. The molecule has 7 nitrogen and oxygen atoms in total. The molecule has 0 atom stereocenters. The van der Waals surface area contributed by atoms with Crippen LogP contribution in [-0.2, 0) is 19.1 Å². The van der Waals surface area contributed by atoms with E-state index in [4.69, 9.17) is 21.2 Å². The van der Waals surface area contributed by atoms with Gasteiger partial charge in [-0.2, -0.15) is 5.26 Å². The number of nitriles is 1. The van der Waals surface area contributed by atoms with Crippen LogP contribution in [0.15, 0.2) is 47.9 Å². The monoisotopic (exact) mass is 427 g/mol. The van der Waals surface area contributed by atoms with Crippen molar-refractivity contribution in [1.29, 1.82) is 5.26 Å². The molecular weight excluding hydrogens is 394 g/mol. The van der Waals surface area contributed by atoms with Crippen LogP contribution in [0.5, 0.6) is 0 Å². The van der Waals surface area contributed by atoms with E-state index < -0.39 is 11.9 Å². The molecule has 0 radical (unpaired) electrons. The number of rotatable bonds is 12. The number of esters is 2. The fourth-order valence-corrected chi connectivity index (χ4v) is 2.17. The lowest BCUT2D eigenvalue weighted by Gasteiger charge is -2.17. The third kappa shape index (κ3) is 13.4. The van der Waals surface area contributed by atoms with Crippen molar-refractivity contribution in [1.82, 2.24) is 9.80 Å². The van der Waals surface area contributed by atoms with Crippen molar-refractivity contribution in [3.8, 4) is 18.4 Å². The van der Waals surface area contributed by atoms with Crippen molar-refractivity contribution in [3.63, 3.8) is 0 Å². The van der Waals surface area contributed by atoms with Crippen LogP contribution in [0.3, 0.4) is 0 Å². The Hall–Kier alpha value is -3.45. The summed E-state index contributed by atoms with van der Waals surface area (Å²) in [5, 5.41) is 9.05. The Morgan fingerprint density at radius 3 is 1.71 bits per heavy atom. The van der Waals surface area contributed by atoms with Gasteiger partial charge in [0.2, 0.25) is 0 Å². The molecule has 0 rings (SSSR count). The zero-order valence-corrected chi connectivity index (χ0v) is 19.3. The van der Waals surface area contributed by atoms with Crippen molar-refractivity contribution >= 4 is 11.9 Å². The first-order valence-corrected chi connectivity index (χ1v) is 10.1. The predicted octanol–water partition coefficient (Wildman–Crippen LogP) is 3.18. The molecule has 0 amide bonds. The lowest BCUT2D eigenvalue weighted by molar-refractivity contribution is -0.143. The standard InChI is InChI=1S/C24H33N3O4/c1-8-21(23(28)30-19(2)3)12-9-14-26(6)16-11-17-27(7)15-10-13-22(18-25)24(29)31-20(4)5/h1,9-10,12-15,19-20H,11,16-17H2,2-7H3/b14-9+,15-10+,21-12+,22-13+. The van der Waals surface area contributed by atoms with Gasteiger partial charge in [0.15, 0.2) is 0 Å². The molecule has 0 N–H and O–H groups in total. The minimum atomic E-state index is -0.627. The second-order valence-corrected chi connectivity index (χ2v) is 7.32. The van der Waals surface area contributed by atoms with Gasteiger partial charge in [0.25, 0.3) is 0 Å². The lowest BCUT2D eigenvalue weighted by Crippen LogP contribution is -2.19. The zero-order valence-electron chi connectivity index (χ0n) is 19.3. The maximum atomic E-state index is 11.8. The number of carbonyl (C=O) groups excluding carboxylic acids is 2. The number of carbonyl (C=O) groups is 2. The molecule has 0 aromatic carbocycles. The summed E-state index contributed by atoms with van der Waals surface area (Å²) in [5.41, 5.74) is 0.130.